The molecule has 0 bridgehead atoms. The summed E-state index contributed by atoms with van der Waals surface area (Å²) in [6.07, 6.45) is -7.44. The SMILES string of the molecule is O=C(NCC(O)C(F)(F)F)c1cccc(F)c1. The summed E-state index contributed by atoms with van der Waals surface area (Å²) >= 11 is 0. The minimum Gasteiger partial charge on any atom is -0.382 e. The van der Waals surface area contributed by atoms with Gasteiger partial charge in [-0.2, -0.15) is 13.2 Å². The number of hydrogen-bond donors (Lipinski definition) is 2. The molecule has 1 amide bonds. The number of aliphatic hydroxyl groups excluding tert-OH is 1. The van der Waals surface area contributed by atoms with Crippen LogP contribution in [0.1, 0.15) is 10.4 Å². The third-order valence-electron chi connectivity index (χ3n) is 1.92. The molecule has 0 saturated heterocycles. The van der Waals surface area contributed by atoms with Gasteiger partial charge in [0.05, 0.1) is 6.54 Å². The third kappa shape index (κ3) is 4.03. The fourth-order valence-electron chi connectivity index (χ4n) is 1.04. The summed E-state index contributed by atoms with van der Waals surface area (Å²) in [7, 11) is 0. The van der Waals surface area contributed by atoms with E-state index in [4.69, 9.17) is 5.11 Å². The largest absolute Gasteiger partial charge is 0.416 e. The number of amides is 1. The summed E-state index contributed by atoms with van der Waals surface area (Å²) < 4.78 is 48.4. The predicted octanol–water partition coefficient (Wildman–Crippen LogP) is 1.48. The van der Waals surface area contributed by atoms with Gasteiger partial charge in [0.15, 0.2) is 6.10 Å². The van der Waals surface area contributed by atoms with Crippen molar-refractivity contribution in [3.05, 3.63) is 35.6 Å². The summed E-state index contributed by atoms with van der Waals surface area (Å²) in [6, 6.07) is 4.49. The molecule has 94 valence electrons. The maximum absolute atomic E-state index is 12.7. The van der Waals surface area contributed by atoms with Crippen molar-refractivity contribution in [2.75, 3.05) is 6.54 Å². The fraction of sp³-hybridized carbons (Fsp3) is 0.300. The van der Waals surface area contributed by atoms with Gasteiger partial charge in [-0.3, -0.25) is 4.79 Å². The number of carbonyl (C=O) groups excluding carboxylic acids is 1. The first-order valence-electron chi connectivity index (χ1n) is 4.59. The van der Waals surface area contributed by atoms with Gasteiger partial charge in [-0.25, -0.2) is 4.39 Å². The summed E-state index contributed by atoms with van der Waals surface area (Å²) in [5, 5.41) is 10.5. The summed E-state index contributed by atoms with van der Waals surface area (Å²) in [6.45, 7) is -0.973. The lowest BCUT2D eigenvalue weighted by atomic mass is 10.2. The molecule has 0 spiro atoms. The molecule has 0 heterocycles. The first-order chi connectivity index (χ1) is 7.80. The highest BCUT2D eigenvalue weighted by atomic mass is 19.4. The molecule has 3 nitrogen and oxygen atoms in total. The number of nitrogens with one attached hydrogen (secondary N) is 1. The van der Waals surface area contributed by atoms with Crippen LogP contribution in [0.25, 0.3) is 0 Å². The van der Waals surface area contributed by atoms with E-state index < -0.39 is 30.5 Å². The maximum Gasteiger partial charge on any atom is 0.416 e. The van der Waals surface area contributed by atoms with Gasteiger partial charge in [-0.15, -0.1) is 0 Å². The van der Waals surface area contributed by atoms with E-state index in [2.05, 4.69) is 0 Å². The molecule has 1 rings (SSSR count). The molecule has 0 aliphatic rings. The van der Waals surface area contributed by atoms with E-state index in [1.165, 1.54) is 12.1 Å². The molecule has 1 unspecified atom stereocenters. The maximum atomic E-state index is 12.7. The number of alkyl halides is 3. The molecule has 17 heavy (non-hydrogen) atoms. The Balaban J connectivity index is 2.57. The molecule has 0 aliphatic heterocycles. The second-order valence-electron chi connectivity index (χ2n) is 3.28. The number of aliphatic hydroxyl groups is 1. The number of carbonyl (C=O) groups is 1. The molecule has 0 aromatic heterocycles. The predicted molar refractivity (Wildman–Crippen MR) is 50.8 cm³/mol. The smallest absolute Gasteiger partial charge is 0.382 e. The van der Waals surface area contributed by atoms with E-state index in [9.17, 15) is 22.4 Å². The zero-order valence-electron chi connectivity index (χ0n) is 8.46. The van der Waals surface area contributed by atoms with Crippen molar-refractivity contribution in [1.82, 2.24) is 5.32 Å². The quantitative estimate of drug-likeness (QED) is 0.799. The number of benzene rings is 1. The Morgan fingerprint density at radius 3 is 2.59 bits per heavy atom. The van der Waals surface area contributed by atoms with Gasteiger partial charge in [0.25, 0.3) is 5.91 Å². The van der Waals surface area contributed by atoms with Crippen LogP contribution < -0.4 is 5.32 Å². The molecule has 1 atom stereocenters. The van der Waals surface area contributed by atoms with Gasteiger partial charge in [0, 0.05) is 5.56 Å². The number of hydrogen-bond acceptors (Lipinski definition) is 2. The fourth-order valence-corrected chi connectivity index (χ4v) is 1.04. The average Bonchev–Trinajstić information content (AvgIpc) is 2.24. The molecule has 1 aromatic rings. The van der Waals surface area contributed by atoms with Gasteiger partial charge in [0.1, 0.15) is 5.82 Å². The van der Waals surface area contributed by atoms with Crippen molar-refractivity contribution in [2.24, 2.45) is 0 Å². The highest BCUT2D eigenvalue weighted by Gasteiger charge is 2.38. The number of halogens is 4. The standard InChI is InChI=1S/C10H9F4NO2/c11-7-3-1-2-6(4-7)9(17)15-5-8(16)10(12,13)14/h1-4,8,16H,5H2,(H,15,17). The molecule has 2 N–H and O–H groups in total. The zero-order chi connectivity index (χ0) is 13.1. The van der Waals surface area contributed by atoms with Gasteiger partial charge in [-0.05, 0) is 18.2 Å². The lowest BCUT2D eigenvalue weighted by Crippen LogP contribution is -2.40. The van der Waals surface area contributed by atoms with E-state index in [0.29, 0.717) is 0 Å². The summed E-state index contributed by atoms with van der Waals surface area (Å²) in [4.78, 5) is 11.3. The van der Waals surface area contributed by atoms with E-state index in [0.717, 1.165) is 12.1 Å². The van der Waals surface area contributed by atoms with E-state index in [1.807, 2.05) is 5.32 Å². The molecule has 0 fully saturated rings. The van der Waals surface area contributed by atoms with Crippen molar-refractivity contribution >= 4 is 5.91 Å². The Morgan fingerprint density at radius 2 is 2.06 bits per heavy atom. The Hall–Kier alpha value is -1.63. The first-order valence-corrected chi connectivity index (χ1v) is 4.59. The first kappa shape index (κ1) is 13.4. The van der Waals surface area contributed by atoms with Crippen molar-refractivity contribution in [3.63, 3.8) is 0 Å². The van der Waals surface area contributed by atoms with Crippen LogP contribution in [0.2, 0.25) is 0 Å². The molecule has 1 aromatic carbocycles. The Kier molecular flexibility index (Phi) is 4.06. The second-order valence-corrected chi connectivity index (χ2v) is 3.28. The number of rotatable bonds is 3. The van der Waals surface area contributed by atoms with Crippen LogP contribution in [-0.2, 0) is 0 Å². The van der Waals surface area contributed by atoms with Crippen molar-refractivity contribution in [1.29, 1.82) is 0 Å². The second kappa shape index (κ2) is 5.13. The molecular formula is C10H9F4NO2. The minimum absolute atomic E-state index is 0.112. The van der Waals surface area contributed by atoms with Crippen LogP contribution in [0.4, 0.5) is 17.6 Å². The van der Waals surface area contributed by atoms with Crippen LogP contribution in [-0.4, -0.2) is 29.8 Å². The van der Waals surface area contributed by atoms with Crippen molar-refractivity contribution in [2.45, 2.75) is 12.3 Å². The van der Waals surface area contributed by atoms with Crippen LogP contribution in [0.15, 0.2) is 24.3 Å². The van der Waals surface area contributed by atoms with Crippen molar-refractivity contribution < 1.29 is 27.5 Å². The van der Waals surface area contributed by atoms with Crippen LogP contribution in [0.5, 0.6) is 0 Å². The molecule has 0 radical (unpaired) electrons. The molecule has 0 aliphatic carbocycles. The minimum atomic E-state index is -4.80. The average molecular weight is 251 g/mol. The van der Waals surface area contributed by atoms with Gasteiger partial charge < -0.3 is 10.4 Å². The van der Waals surface area contributed by atoms with Crippen molar-refractivity contribution in [3.8, 4) is 0 Å². The summed E-state index contributed by atoms with van der Waals surface area (Å²) in [5.41, 5.74) is -0.112. The molecule has 7 heteroatoms. The highest BCUT2D eigenvalue weighted by Crippen LogP contribution is 2.19. The Labute approximate surface area is 94.1 Å². The van der Waals surface area contributed by atoms with Gasteiger partial charge in [0.2, 0.25) is 0 Å². The monoisotopic (exact) mass is 251 g/mol. The summed E-state index contributed by atoms with van der Waals surface area (Å²) in [5.74, 6) is -1.55. The molecular weight excluding hydrogens is 242 g/mol. The lowest BCUT2D eigenvalue weighted by Gasteiger charge is -2.14. The third-order valence-corrected chi connectivity index (χ3v) is 1.92. The van der Waals surface area contributed by atoms with Gasteiger partial charge >= 0.3 is 6.18 Å². The Morgan fingerprint density at radius 1 is 1.41 bits per heavy atom. The highest BCUT2D eigenvalue weighted by molar-refractivity contribution is 5.94. The Bertz CT molecular complexity index is 406. The van der Waals surface area contributed by atoms with Gasteiger partial charge in [-0.1, -0.05) is 6.07 Å². The van der Waals surface area contributed by atoms with E-state index >= 15 is 0 Å². The zero-order valence-corrected chi connectivity index (χ0v) is 8.46. The lowest BCUT2D eigenvalue weighted by molar-refractivity contribution is -0.201. The van der Waals surface area contributed by atoms with Crippen LogP contribution in [0.3, 0.4) is 0 Å². The topological polar surface area (TPSA) is 49.3 Å². The normalized spacial score (nSPS) is 13.2. The molecule has 0 saturated carbocycles. The van der Waals surface area contributed by atoms with Crippen LogP contribution >= 0.6 is 0 Å². The van der Waals surface area contributed by atoms with E-state index in [-0.39, 0.29) is 5.56 Å². The van der Waals surface area contributed by atoms with E-state index in [1.54, 1.807) is 0 Å². The van der Waals surface area contributed by atoms with Crippen LogP contribution in [0, 0.1) is 5.82 Å².